The second-order valence-electron chi connectivity index (χ2n) is 2.74. The first-order valence-corrected chi connectivity index (χ1v) is 3.66. The molecule has 1 aromatic rings. The second kappa shape index (κ2) is 2.97. The summed E-state index contributed by atoms with van der Waals surface area (Å²) in [6.07, 6.45) is 0. The molecule has 11 heavy (non-hydrogen) atoms. The van der Waals surface area contributed by atoms with E-state index < -0.39 is 6.92 Å². The fourth-order valence-electron chi connectivity index (χ4n) is 1.12. The van der Waals surface area contributed by atoms with Gasteiger partial charge in [-0.25, -0.2) is 0 Å². The van der Waals surface area contributed by atoms with E-state index in [0.29, 0.717) is 0 Å². The molecule has 0 heterocycles. The van der Waals surface area contributed by atoms with Crippen LogP contribution >= 0.6 is 0 Å². The average Bonchev–Trinajstić information content (AvgIpc) is 1.94. The fraction of sp³-hybridized carbons (Fsp3) is 0.250. The van der Waals surface area contributed by atoms with Crippen molar-refractivity contribution in [3.8, 4) is 0 Å². The van der Waals surface area contributed by atoms with Gasteiger partial charge in [-0.3, -0.25) is 0 Å². The van der Waals surface area contributed by atoms with Gasteiger partial charge in [-0.1, -0.05) is 19.0 Å². The summed E-state index contributed by atoms with van der Waals surface area (Å²) in [5, 5.41) is 9.27. The van der Waals surface area contributed by atoms with E-state index in [4.69, 9.17) is 5.73 Å². The number of anilines is 1. The largest absolute Gasteiger partial charge is 0.446 e. The lowest BCUT2D eigenvalue weighted by Crippen LogP contribution is -2.29. The molecule has 0 aromatic heterocycles. The number of benzene rings is 1. The van der Waals surface area contributed by atoms with Gasteiger partial charge in [-0.15, -0.1) is 0 Å². The van der Waals surface area contributed by atoms with E-state index in [-0.39, 0.29) is 0 Å². The molecular weight excluding hydrogens is 137 g/mol. The third-order valence-corrected chi connectivity index (χ3v) is 1.87. The molecule has 3 N–H and O–H groups in total. The average molecular weight is 149 g/mol. The number of nitrogen functional groups attached to an aromatic ring is 1. The van der Waals surface area contributed by atoms with Crippen molar-refractivity contribution in [3.63, 3.8) is 0 Å². The van der Waals surface area contributed by atoms with Crippen molar-refractivity contribution in [3.05, 3.63) is 23.8 Å². The normalized spacial score (nSPS) is 9.73. The van der Waals surface area contributed by atoms with Gasteiger partial charge in [-0.05, 0) is 24.0 Å². The molecule has 0 saturated carbocycles. The highest BCUT2D eigenvalue weighted by molar-refractivity contribution is 6.65. The van der Waals surface area contributed by atoms with Crippen molar-refractivity contribution in [1.29, 1.82) is 0 Å². The Balaban J connectivity index is 3.17. The highest BCUT2D eigenvalue weighted by Gasteiger charge is 2.09. The minimum Gasteiger partial charge on any atom is -0.446 e. The van der Waals surface area contributed by atoms with Crippen molar-refractivity contribution in [2.24, 2.45) is 0 Å². The monoisotopic (exact) mass is 149 g/mol. The van der Waals surface area contributed by atoms with Crippen LogP contribution in [-0.4, -0.2) is 11.9 Å². The summed E-state index contributed by atoms with van der Waals surface area (Å²) >= 11 is 0. The SMILES string of the molecule is CB(O)c1cccc(N)c1C. The maximum atomic E-state index is 9.27. The van der Waals surface area contributed by atoms with Gasteiger partial charge in [0, 0.05) is 5.69 Å². The zero-order valence-corrected chi connectivity index (χ0v) is 6.83. The quantitative estimate of drug-likeness (QED) is 0.448. The van der Waals surface area contributed by atoms with Crippen LogP contribution in [0.15, 0.2) is 18.2 Å². The third kappa shape index (κ3) is 1.55. The van der Waals surface area contributed by atoms with Crippen LogP contribution in [0.4, 0.5) is 5.69 Å². The molecule has 0 amide bonds. The molecule has 2 nitrogen and oxygen atoms in total. The third-order valence-electron chi connectivity index (χ3n) is 1.87. The Morgan fingerprint density at radius 1 is 1.45 bits per heavy atom. The molecule has 0 saturated heterocycles. The topological polar surface area (TPSA) is 46.2 Å². The van der Waals surface area contributed by atoms with Gasteiger partial charge in [0.25, 0.3) is 0 Å². The van der Waals surface area contributed by atoms with E-state index in [0.717, 1.165) is 16.7 Å². The highest BCUT2D eigenvalue weighted by atomic mass is 16.2. The number of rotatable bonds is 1. The lowest BCUT2D eigenvalue weighted by atomic mass is 9.62. The van der Waals surface area contributed by atoms with E-state index in [1.165, 1.54) is 0 Å². The highest BCUT2D eigenvalue weighted by Crippen LogP contribution is 2.06. The standard InChI is InChI=1S/C8H12BNO/c1-6-7(9(2)11)4-3-5-8(6)10/h3-5,11H,10H2,1-2H3. The minimum absolute atomic E-state index is 0.432. The summed E-state index contributed by atoms with van der Waals surface area (Å²) in [7, 11) is 0. The van der Waals surface area contributed by atoms with Crippen LogP contribution in [0.25, 0.3) is 0 Å². The lowest BCUT2D eigenvalue weighted by Gasteiger charge is -2.07. The summed E-state index contributed by atoms with van der Waals surface area (Å²) in [5.41, 5.74) is 8.27. The first-order chi connectivity index (χ1) is 5.13. The molecule has 0 aliphatic rings. The van der Waals surface area contributed by atoms with Gasteiger partial charge in [0.15, 0.2) is 0 Å². The number of hydrogen-bond donors (Lipinski definition) is 2. The van der Waals surface area contributed by atoms with Crippen LogP contribution in [-0.2, 0) is 0 Å². The van der Waals surface area contributed by atoms with Crippen LogP contribution in [0, 0.1) is 6.92 Å². The molecule has 1 rings (SSSR count). The maximum Gasteiger partial charge on any atom is 0.320 e. The lowest BCUT2D eigenvalue weighted by molar-refractivity contribution is 0.593. The van der Waals surface area contributed by atoms with E-state index in [1.807, 2.05) is 25.1 Å². The zero-order chi connectivity index (χ0) is 8.43. The first kappa shape index (κ1) is 8.14. The summed E-state index contributed by atoms with van der Waals surface area (Å²) < 4.78 is 0. The van der Waals surface area contributed by atoms with E-state index in [9.17, 15) is 5.02 Å². The summed E-state index contributed by atoms with van der Waals surface area (Å²) in [6, 6.07) is 5.57. The summed E-state index contributed by atoms with van der Waals surface area (Å²) in [4.78, 5) is 0. The zero-order valence-electron chi connectivity index (χ0n) is 6.83. The Bertz CT molecular complexity index is 260. The molecule has 0 atom stereocenters. The van der Waals surface area contributed by atoms with Gasteiger partial charge < -0.3 is 10.8 Å². The molecule has 0 bridgehead atoms. The predicted molar refractivity (Wildman–Crippen MR) is 49.1 cm³/mol. The molecule has 58 valence electrons. The molecule has 0 radical (unpaired) electrons. The Labute approximate surface area is 67.2 Å². The molecule has 0 aliphatic carbocycles. The van der Waals surface area contributed by atoms with Crippen molar-refractivity contribution in [2.45, 2.75) is 13.7 Å². The summed E-state index contributed by atoms with van der Waals surface area (Å²) in [5.74, 6) is 0. The van der Waals surface area contributed by atoms with Gasteiger partial charge >= 0.3 is 6.92 Å². The van der Waals surface area contributed by atoms with Crippen molar-refractivity contribution in [2.75, 3.05) is 5.73 Å². The second-order valence-corrected chi connectivity index (χ2v) is 2.74. The van der Waals surface area contributed by atoms with E-state index in [1.54, 1.807) is 6.82 Å². The smallest absolute Gasteiger partial charge is 0.320 e. The van der Waals surface area contributed by atoms with E-state index >= 15 is 0 Å². The Kier molecular flexibility index (Phi) is 2.20. The van der Waals surface area contributed by atoms with Gasteiger partial charge in [-0.2, -0.15) is 0 Å². The molecule has 0 fully saturated rings. The van der Waals surface area contributed by atoms with Gasteiger partial charge in [0.2, 0.25) is 0 Å². The van der Waals surface area contributed by atoms with Crippen LogP contribution < -0.4 is 11.2 Å². The minimum atomic E-state index is -0.432. The Hall–Kier alpha value is -0.955. The van der Waals surface area contributed by atoms with Crippen molar-refractivity contribution >= 4 is 18.1 Å². The molecule has 1 aromatic carbocycles. The first-order valence-electron chi connectivity index (χ1n) is 3.66. The fourth-order valence-corrected chi connectivity index (χ4v) is 1.12. The predicted octanol–water partition coefficient (Wildman–Crippen LogP) is 0.398. The molecule has 0 spiro atoms. The number of nitrogens with two attached hydrogens (primary N) is 1. The maximum absolute atomic E-state index is 9.27. The molecular formula is C8H12BNO. The Morgan fingerprint density at radius 2 is 2.09 bits per heavy atom. The van der Waals surface area contributed by atoms with Crippen molar-refractivity contribution in [1.82, 2.24) is 0 Å². The van der Waals surface area contributed by atoms with Gasteiger partial charge in [0.1, 0.15) is 0 Å². The molecule has 0 unspecified atom stereocenters. The Morgan fingerprint density at radius 3 is 2.55 bits per heavy atom. The van der Waals surface area contributed by atoms with Crippen LogP contribution in [0.2, 0.25) is 6.82 Å². The van der Waals surface area contributed by atoms with Gasteiger partial charge in [0.05, 0.1) is 0 Å². The molecule has 0 aliphatic heterocycles. The number of hydrogen-bond acceptors (Lipinski definition) is 2. The van der Waals surface area contributed by atoms with Crippen LogP contribution in [0.5, 0.6) is 0 Å². The summed E-state index contributed by atoms with van der Waals surface area (Å²) in [6.45, 7) is 3.22. The van der Waals surface area contributed by atoms with Crippen LogP contribution in [0.1, 0.15) is 5.56 Å². The van der Waals surface area contributed by atoms with Crippen LogP contribution in [0.3, 0.4) is 0 Å². The van der Waals surface area contributed by atoms with Crippen molar-refractivity contribution < 1.29 is 5.02 Å². The molecule has 3 heteroatoms. The van der Waals surface area contributed by atoms with E-state index in [2.05, 4.69) is 0 Å².